The van der Waals surface area contributed by atoms with Crippen LogP contribution in [0, 0.1) is 0 Å². The van der Waals surface area contributed by atoms with Crippen LogP contribution in [0.4, 0.5) is 11.4 Å². The summed E-state index contributed by atoms with van der Waals surface area (Å²) in [5, 5.41) is 0. The predicted molar refractivity (Wildman–Crippen MR) is 163 cm³/mol. The number of nitrogens with one attached hydrogen (secondary N) is 1. The maximum absolute atomic E-state index is 13.2. The fraction of sp³-hybridized carbons (Fsp3) is 0.258. The number of piperazine rings is 1. The zero-order chi connectivity index (χ0) is 30.3. The van der Waals surface area contributed by atoms with E-state index in [1.54, 1.807) is 59.5 Å². The second-order valence-corrected chi connectivity index (χ2v) is 11.3. The number of para-hydroxylation sites is 1. The van der Waals surface area contributed by atoms with Gasteiger partial charge in [-0.25, -0.2) is 8.42 Å². The van der Waals surface area contributed by atoms with Crippen LogP contribution in [0.2, 0.25) is 0 Å². The normalized spacial score (nSPS) is 14.0. The van der Waals surface area contributed by atoms with Gasteiger partial charge in [-0.2, -0.15) is 0 Å². The van der Waals surface area contributed by atoms with Crippen LogP contribution in [0.15, 0.2) is 76.6 Å². The van der Waals surface area contributed by atoms with Gasteiger partial charge in [-0.05, 0) is 61.7 Å². The average Bonchev–Trinajstić information content (AvgIpc) is 2.98. The Bertz CT molecular complexity index is 1590. The summed E-state index contributed by atoms with van der Waals surface area (Å²) < 4.78 is 39.4. The van der Waals surface area contributed by atoms with Gasteiger partial charge in [0.1, 0.15) is 4.90 Å². The van der Waals surface area contributed by atoms with Crippen molar-refractivity contribution in [2.45, 2.75) is 25.3 Å². The molecule has 1 saturated heterocycles. The van der Waals surface area contributed by atoms with Crippen molar-refractivity contribution in [2.75, 3.05) is 38.0 Å². The smallest absolute Gasteiger partial charge is 0.308 e. The number of carbonyl (C=O) groups is 2. The molecule has 0 spiro atoms. The summed E-state index contributed by atoms with van der Waals surface area (Å²) in [7, 11) is -2.42. The number of benzene rings is 3. The average molecular weight is 591 g/mol. The van der Waals surface area contributed by atoms with Gasteiger partial charge in [-0.15, -0.1) is 0 Å². The molecule has 3 aromatic rings. The molecule has 0 atom stereocenters. The molecule has 220 valence electrons. The summed E-state index contributed by atoms with van der Waals surface area (Å²) in [6.07, 6.45) is 3.57. The number of ether oxygens (including phenoxy) is 2. The van der Waals surface area contributed by atoms with E-state index in [1.165, 1.54) is 20.1 Å². The topological polar surface area (TPSA) is 118 Å². The quantitative estimate of drug-likeness (QED) is 0.206. The van der Waals surface area contributed by atoms with Crippen LogP contribution >= 0.6 is 0 Å². The van der Waals surface area contributed by atoms with Crippen LogP contribution in [-0.4, -0.2) is 70.1 Å². The molecular formula is C31H34N4O6S. The first-order valence-corrected chi connectivity index (χ1v) is 14.9. The van der Waals surface area contributed by atoms with Gasteiger partial charge in [0.2, 0.25) is 0 Å². The number of amides is 1. The van der Waals surface area contributed by atoms with E-state index >= 15 is 0 Å². The van der Waals surface area contributed by atoms with E-state index in [1.807, 2.05) is 19.1 Å². The second-order valence-electron chi connectivity index (χ2n) is 9.68. The first kappa shape index (κ1) is 30.5. The summed E-state index contributed by atoms with van der Waals surface area (Å²) in [5.74, 6) is 0.333. The van der Waals surface area contributed by atoms with E-state index in [-0.39, 0.29) is 16.5 Å². The van der Waals surface area contributed by atoms with Crippen molar-refractivity contribution in [3.05, 3.63) is 83.4 Å². The molecule has 1 heterocycles. The molecule has 0 aromatic heterocycles. The largest absolute Gasteiger partial charge is 0.493 e. The molecular weight excluding hydrogens is 556 g/mol. The fourth-order valence-corrected chi connectivity index (χ4v) is 5.98. The van der Waals surface area contributed by atoms with Gasteiger partial charge in [0.15, 0.2) is 11.5 Å². The summed E-state index contributed by atoms with van der Waals surface area (Å²) >= 11 is 0. The molecule has 10 nitrogen and oxygen atoms in total. The summed E-state index contributed by atoms with van der Waals surface area (Å²) in [6, 6.07) is 16.7. The summed E-state index contributed by atoms with van der Waals surface area (Å²) in [5.41, 5.74) is 2.73. The number of aliphatic imine (C=N–C) groups is 1. The van der Waals surface area contributed by atoms with E-state index in [0.29, 0.717) is 61.0 Å². The Kier molecular flexibility index (Phi) is 9.76. The van der Waals surface area contributed by atoms with Gasteiger partial charge >= 0.3 is 5.97 Å². The molecule has 1 aliphatic rings. The number of allylic oxidation sites excluding steroid dienone is 1. The highest BCUT2D eigenvalue weighted by atomic mass is 32.2. The minimum absolute atomic E-state index is 0.0184. The minimum Gasteiger partial charge on any atom is -0.493 e. The number of esters is 1. The lowest BCUT2D eigenvalue weighted by atomic mass is 10.1. The molecule has 1 amide bonds. The highest BCUT2D eigenvalue weighted by Gasteiger charge is 2.24. The van der Waals surface area contributed by atoms with Crippen LogP contribution in [0.1, 0.15) is 35.3 Å². The number of rotatable bonds is 10. The Hall–Kier alpha value is -4.48. The maximum atomic E-state index is 13.2. The molecule has 0 saturated carbocycles. The fourth-order valence-electron chi connectivity index (χ4n) is 4.73. The molecule has 0 bridgehead atoms. The number of anilines is 1. The Morgan fingerprint density at radius 1 is 1.02 bits per heavy atom. The van der Waals surface area contributed by atoms with Crippen LogP contribution in [0.25, 0.3) is 6.08 Å². The van der Waals surface area contributed by atoms with Gasteiger partial charge in [0.05, 0.1) is 12.8 Å². The molecule has 0 radical (unpaired) electrons. The highest BCUT2D eigenvalue weighted by Crippen LogP contribution is 2.31. The van der Waals surface area contributed by atoms with Gasteiger partial charge in [-0.3, -0.25) is 24.2 Å². The van der Waals surface area contributed by atoms with Crippen LogP contribution in [-0.2, 0) is 21.4 Å². The lowest BCUT2D eigenvalue weighted by molar-refractivity contribution is -0.132. The highest BCUT2D eigenvalue weighted by molar-refractivity contribution is 7.92. The van der Waals surface area contributed by atoms with Gasteiger partial charge in [0, 0.05) is 56.5 Å². The number of sulfonamides is 1. The zero-order valence-corrected chi connectivity index (χ0v) is 24.7. The SMILES string of the molecule is C=Nc1c(/C=C\C)cccc1S(=O)(=O)Nc1ccc(C(=O)N2CCN(Cc3ccc(OC(C)=O)c(OC)c3)CC2)cc1. The van der Waals surface area contributed by atoms with Crippen molar-refractivity contribution in [3.8, 4) is 11.5 Å². The predicted octanol–water partition coefficient (Wildman–Crippen LogP) is 4.74. The Morgan fingerprint density at radius 3 is 2.36 bits per heavy atom. The standard InChI is InChI=1S/C31H34N4O6S/c1-5-7-24-8-6-9-29(30(24)32-3)42(38,39)33-26-13-11-25(12-14-26)31(37)35-18-16-34(17-19-35)21-23-10-15-27(41-22(2)36)28(20-23)40-4/h5-15,20,33H,3,16-19,21H2,1-2,4H3/b7-5-. The summed E-state index contributed by atoms with van der Waals surface area (Å²) in [6.45, 7) is 9.84. The molecule has 3 aromatic carbocycles. The van der Waals surface area contributed by atoms with Crippen LogP contribution in [0.3, 0.4) is 0 Å². The number of hydrogen-bond donors (Lipinski definition) is 1. The monoisotopic (exact) mass is 590 g/mol. The zero-order valence-electron chi connectivity index (χ0n) is 23.9. The van der Waals surface area contributed by atoms with E-state index < -0.39 is 16.0 Å². The first-order valence-electron chi connectivity index (χ1n) is 13.4. The van der Waals surface area contributed by atoms with Gasteiger partial charge in [0.25, 0.3) is 15.9 Å². The molecule has 11 heteroatoms. The van der Waals surface area contributed by atoms with Crippen molar-refractivity contribution < 1.29 is 27.5 Å². The second kappa shape index (κ2) is 13.5. The van der Waals surface area contributed by atoms with Crippen LogP contribution < -0.4 is 14.2 Å². The molecule has 1 N–H and O–H groups in total. The lowest BCUT2D eigenvalue weighted by Gasteiger charge is -2.35. The van der Waals surface area contributed by atoms with E-state index in [4.69, 9.17) is 9.47 Å². The Labute approximate surface area is 246 Å². The van der Waals surface area contributed by atoms with Gasteiger partial charge in [-0.1, -0.05) is 30.4 Å². The van der Waals surface area contributed by atoms with Gasteiger partial charge < -0.3 is 14.4 Å². The van der Waals surface area contributed by atoms with Crippen molar-refractivity contribution >= 4 is 46.1 Å². The van der Waals surface area contributed by atoms with Crippen molar-refractivity contribution in [1.82, 2.24) is 9.80 Å². The molecule has 1 fully saturated rings. The van der Waals surface area contributed by atoms with E-state index in [9.17, 15) is 18.0 Å². The molecule has 42 heavy (non-hydrogen) atoms. The lowest BCUT2D eigenvalue weighted by Crippen LogP contribution is -2.48. The third-order valence-electron chi connectivity index (χ3n) is 6.76. The maximum Gasteiger partial charge on any atom is 0.308 e. The van der Waals surface area contributed by atoms with Crippen molar-refractivity contribution in [2.24, 2.45) is 4.99 Å². The number of nitrogens with zero attached hydrogens (tertiary/aromatic N) is 3. The molecule has 1 aliphatic heterocycles. The Morgan fingerprint density at radius 2 is 1.74 bits per heavy atom. The molecule has 0 unspecified atom stereocenters. The number of methoxy groups -OCH3 is 1. The molecule has 0 aliphatic carbocycles. The minimum atomic E-state index is -3.94. The van der Waals surface area contributed by atoms with Crippen LogP contribution in [0.5, 0.6) is 11.5 Å². The Balaban J connectivity index is 1.36. The van der Waals surface area contributed by atoms with Crippen molar-refractivity contribution in [3.63, 3.8) is 0 Å². The third kappa shape index (κ3) is 7.23. The third-order valence-corrected chi connectivity index (χ3v) is 8.17. The van der Waals surface area contributed by atoms with Crippen molar-refractivity contribution in [1.29, 1.82) is 0 Å². The molecule has 4 rings (SSSR count). The number of hydrogen-bond acceptors (Lipinski definition) is 8. The summed E-state index contributed by atoms with van der Waals surface area (Å²) in [4.78, 5) is 32.4. The number of carbonyl (C=O) groups excluding carboxylic acids is 2. The van der Waals surface area contributed by atoms with E-state index in [0.717, 1.165) is 5.56 Å². The first-order chi connectivity index (χ1) is 20.1. The van der Waals surface area contributed by atoms with E-state index in [2.05, 4.69) is 21.3 Å².